The second kappa shape index (κ2) is 10.2. The Bertz CT molecular complexity index is 496. The van der Waals surface area contributed by atoms with Gasteiger partial charge in [0, 0.05) is 13.3 Å². The highest BCUT2D eigenvalue weighted by Gasteiger charge is 2.51. The van der Waals surface area contributed by atoms with Gasteiger partial charge in [0.05, 0.1) is 0 Å². The van der Waals surface area contributed by atoms with Crippen LogP contribution in [0.15, 0.2) is 0 Å². The van der Waals surface area contributed by atoms with E-state index >= 15 is 0 Å². The molecule has 3 unspecified atom stereocenters. The number of esters is 1. The summed E-state index contributed by atoms with van der Waals surface area (Å²) in [5, 5.41) is 2.49. The summed E-state index contributed by atoms with van der Waals surface area (Å²) in [6.07, 6.45) is -4.81. The van der Waals surface area contributed by atoms with Gasteiger partial charge in [-0.05, 0) is 0 Å². The quantitative estimate of drug-likeness (QED) is 0.275. The van der Waals surface area contributed by atoms with E-state index in [1.807, 2.05) is 0 Å². The average Bonchev–Trinajstić information content (AvgIpc) is 2.57. The lowest BCUT2D eigenvalue weighted by atomic mass is 9.96. The maximum atomic E-state index is 11.7. The Morgan fingerprint density at radius 2 is 1.72 bits per heavy atom. The molecule has 0 aromatic rings. The summed E-state index contributed by atoms with van der Waals surface area (Å²) < 4.78 is 24.9. The minimum atomic E-state index is -1.36. The molecule has 1 aliphatic rings. The number of carbonyl (C=O) groups excluding carboxylic acids is 5. The van der Waals surface area contributed by atoms with Crippen LogP contribution in [0.25, 0.3) is 0 Å². The van der Waals surface area contributed by atoms with E-state index in [1.165, 1.54) is 0 Å². The molecule has 1 saturated heterocycles. The minimum absolute atomic E-state index is 0.0880. The second-order valence-corrected chi connectivity index (χ2v) is 4.92. The highest BCUT2D eigenvalue weighted by atomic mass is 16.7. The van der Waals surface area contributed by atoms with E-state index in [0.29, 0.717) is 0 Å². The third kappa shape index (κ3) is 5.71. The third-order valence-electron chi connectivity index (χ3n) is 3.33. The van der Waals surface area contributed by atoms with Gasteiger partial charge in [0.1, 0.15) is 18.8 Å². The molecule has 0 aromatic carbocycles. The third-order valence-corrected chi connectivity index (χ3v) is 3.33. The van der Waals surface area contributed by atoms with Gasteiger partial charge in [0.25, 0.3) is 19.4 Å². The van der Waals surface area contributed by atoms with Crippen LogP contribution >= 0.6 is 0 Å². The summed E-state index contributed by atoms with van der Waals surface area (Å²) >= 11 is 0. The highest BCUT2D eigenvalue weighted by Crippen LogP contribution is 2.26. The smallest absolute Gasteiger partial charge is 0.305 e. The number of hydrogen-bond acceptors (Lipinski definition) is 10. The molecule has 1 rings (SSSR count). The van der Waals surface area contributed by atoms with Gasteiger partial charge in [-0.15, -0.1) is 0 Å². The van der Waals surface area contributed by atoms with Crippen molar-refractivity contribution in [2.45, 2.75) is 50.9 Å². The number of nitrogens with one attached hydrogen (secondary N) is 1. The van der Waals surface area contributed by atoms with E-state index in [2.05, 4.69) is 10.1 Å². The Labute approximate surface area is 142 Å². The highest BCUT2D eigenvalue weighted by molar-refractivity contribution is 5.76. The van der Waals surface area contributed by atoms with E-state index < -0.39 is 42.5 Å². The molecule has 0 spiro atoms. The van der Waals surface area contributed by atoms with E-state index in [0.717, 1.165) is 6.92 Å². The van der Waals surface area contributed by atoms with Crippen molar-refractivity contribution in [2.75, 3.05) is 6.61 Å². The molecule has 0 saturated carbocycles. The first-order chi connectivity index (χ1) is 12.0. The fourth-order valence-electron chi connectivity index (χ4n) is 2.33. The standard InChI is InChI=1S/C14H19NO10/c1-3-10(20)15-11-13(23-7-18)12(22-6-17)9(4-21-5-16)25-14(11)24-8(2)19/h5-7,9,11-14H,3-4H2,1-2H3,(H,15,20)/t9?,11?,12-,13-,14?/m1/s1. The van der Waals surface area contributed by atoms with Crippen LogP contribution in [0.4, 0.5) is 0 Å². The van der Waals surface area contributed by atoms with Crippen LogP contribution in [0.5, 0.6) is 0 Å². The van der Waals surface area contributed by atoms with Crippen molar-refractivity contribution < 1.29 is 47.7 Å². The van der Waals surface area contributed by atoms with Gasteiger partial charge in [-0.2, -0.15) is 0 Å². The fraction of sp³-hybridized carbons (Fsp3) is 0.643. The Balaban J connectivity index is 3.17. The van der Waals surface area contributed by atoms with E-state index in [9.17, 15) is 24.0 Å². The lowest BCUT2D eigenvalue weighted by Gasteiger charge is -2.43. The summed E-state index contributed by atoms with van der Waals surface area (Å²) in [4.78, 5) is 55.1. The molecular formula is C14H19NO10. The molecule has 1 heterocycles. The molecule has 140 valence electrons. The Morgan fingerprint density at radius 3 is 2.24 bits per heavy atom. The average molecular weight is 361 g/mol. The van der Waals surface area contributed by atoms with E-state index in [1.54, 1.807) is 6.92 Å². The molecule has 11 heteroatoms. The first-order valence-electron chi connectivity index (χ1n) is 7.33. The van der Waals surface area contributed by atoms with Gasteiger partial charge in [0.2, 0.25) is 12.2 Å². The number of ether oxygens (including phenoxy) is 5. The molecular weight excluding hydrogens is 342 g/mol. The van der Waals surface area contributed by atoms with E-state index in [-0.39, 0.29) is 32.4 Å². The zero-order valence-electron chi connectivity index (χ0n) is 13.6. The SMILES string of the molecule is CCC(=O)NC1C(OC(C)=O)OC(COC=O)[C@@H](OC=O)[C@@H]1OC=O. The van der Waals surface area contributed by atoms with Crippen LogP contribution in [-0.4, -0.2) is 68.5 Å². The van der Waals surface area contributed by atoms with Crippen LogP contribution in [-0.2, 0) is 47.7 Å². The van der Waals surface area contributed by atoms with E-state index in [4.69, 9.17) is 18.9 Å². The maximum absolute atomic E-state index is 11.7. The van der Waals surface area contributed by atoms with Gasteiger partial charge < -0.3 is 29.0 Å². The normalized spacial score (nSPS) is 28.2. The lowest BCUT2D eigenvalue weighted by molar-refractivity contribution is -0.266. The summed E-state index contributed by atoms with van der Waals surface area (Å²) in [6.45, 7) is 2.65. The molecule has 1 aliphatic heterocycles. The van der Waals surface area contributed by atoms with Crippen LogP contribution in [0.1, 0.15) is 20.3 Å². The van der Waals surface area contributed by atoms with Crippen LogP contribution in [0, 0.1) is 0 Å². The second-order valence-electron chi connectivity index (χ2n) is 4.92. The molecule has 0 radical (unpaired) electrons. The van der Waals surface area contributed by atoms with Crippen molar-refractivity contribution in [3.8, 4) is 0 Å². The largest absolute Gasteiger partial charge is 0.465 e. The predicted molar refractivity (Wildman–Crippen MR) is 76.5 cm³/mol. The molecule has 5 atom stereocenters. The van der Waals surface area contributed by atoms with Gasteiger partial charge in [-0.25, -0.2) is 0 Å². The van der Waals surface area contributed by atoms with Gasteiger partial charge in [-0.1, -0.05) is 6.92 Å². The zero-order chi connectivity index (χ0) is 18.8. The Kier molecular flexibility index (Phi) is 8.33. The van der Waals surface area contributed by atoms with Crippen molar-refractivity contribution in [3.05, 3.63) is 0 Å². The zero-order valence-corrected chi connectivity index (χ0v) is 13.6. The molecule has 0 aliphatic carbocycles. The number of rotatable bonds is 10. The molecule has 11 nitrogen and oxygen atoms in total. The summed E-state index contributed by atoms with van der Waals surface area (Å²) in [5.74, 6) is -1.17. The molecule has 1 N–H and O–H groups in total. The first kappa shape index (κ1) is 20.4. The van der Waals surface area contributed by atoms with Crippen LogP contribution in [0.3, 0.4) is 0 Å². The van der Waals surface area contributed by atoms with Gasteiger partial charge in [0.15, 0.2) is 12.2 Å². The van der Waals surface area contributed by atoms with Crippen molar-refractivity contribution in [2.24, 2.45) is 0 Å². The maximum Gasteiger partial charge on any atom is 0.305 e. The van der Waals surface area contributed by atoms with Crippen LogP contribution in [0.2, 0.25) is 0 Å². The molecule has 1 fully saturated rings. The van der Waals surface area contributed by atoms with Crippen molar-refractivity contribution in [1.29, 1.82) is 0 Å². The number of amides is 1. The fourth-order valence-corrected chi connectivity index (χ4v) is 2.33. The number of hydrogen-bond donors (Lipinski definition) is 1. The predicted octanol–water partition coefficient (Wildman–Crippen LogP) is -1.57. The van der Waals surface area contributed by atoms with Crippen LogP contribution < -0.4 is 5.32 Å². The molecule has 0 bridgehead atoms. The van der Waals surface area contributed by atoms with Gasteiger partial charge in [-0.3, -0.25) is 24.0 Å². The van der Waals surface area contributed by atoms with Crippen molar-refractivity contribution >= 4 is 31.3 Å². The van der Waals surface area contributed by atoms with Crippen molar-refractivity contribution in [3.63, 3.8) is 0 Å². The Hall–Kier alpha value is -2.69. The molecule has 25 heavy (non-hydrogen) atoms. The molecule has 1 amide bonds. The van der Waals surface area contributed by atoms with Gasteiger partial charge >= 0.3 is 5.97 Å². The first-order valence-corrected chi connectivity index (χ1v) is 7.33. The summed E-state index contributed by atoms with van der Waals surface area (Å²) in [5.41, 5.74) is 0. The lowest BCUT2D eigenvalue weighted by Crippen LogP contribution is -2.66. The van der Waals surface area contributed by atoms with Crippen molar-refractivity contribution in [1.82, 2.24) is 5.32 Å². The minimum Gasteiger partial charge on any atom is -0.465 e. The molecule has 0 aromatic heterocycles. The number of carbonyl (C=O) groups is 5. The Morgan fingerprint density at radius 1 is 1.08 bits per heavy atom. The monoisotopic (exact) mass is 361 g/mol. The topological polar surface area (TPSA) is 144 Å². The summed E-state index contributed by atoms with van der Waals surface area (Å²) in [7, 11) is 0. The summed E-state index contributed by atoms with van der Waals surface area (Å²) in [6, 6.07) is -1.14.